The maximum Gasteiger partial charge on any atom is 0.260 e. The quantitative estimate of drug-likeness (QED) is 0.863. The number of carbonyl (C=O) groups excluding carboxylic acids is 1. The van der Waals surface area contributed by atoms with Gasteiger partial charge in [0.2, 0.25) is 0 Å². The molecule has 1 unspecified atom stereocenters. The molecule has 0 aliphatic carbocycles. The highest BCUT2D eigenvalue weighted by molar-refractivity contribution is 6.09. The SMILES string of the molecule is CC1Cc2ccccc2N(C(=O)c2ccncc2N)C1. The molecule has 1 aromatic heterocycles. The zero-order valence-corrected chi connectivity index (χ0v) is 11.4. The molecule has 2 heterocycles. The van der Waals surface area contributed by atoms with Crippen molar-refractivity contribution in [3.63, 3.8) is 0 Å². The summed E-state index contributed by atoms with van der Waals surface area (Å²) in [5.41, 5.74) is 9.02. The van der Waals surface area contributed by atoms with Crippen molar-refractivity contribution in [2.24, 2.45) is 5.92 Å². The van der Waals surface area contributed by atoms with Gasteiger partial charge in [-0.1, -0.05) is 25.1 Å². The van der Waals surface area contributed by atoms with Crippen LogP contribution in [0.15, 0.2) is 42.7 Å². The second-order valence-electron chi connectivity index (χ2n) is 5.32. The number of anilines is 2. The van der Waals surface area contributed by atoms with Crippen molar-refractivity contribution in [1.82, 2.24) is 4.98 Å². The molecule has 0 spiro atoms. The van der Waals surface area contributed by atoms with E-state index in [-0.39, 0.29) is 5.91 Å². The molecule has 2 N–H and O–H groups in total. The van der Waals surface area contributed by atoms with Crippen LogP contribution in [0, 0.1) is 5.92 Å². The zero-order chi connectivity index (χ0) is 14.1. The number of nitrogen functional groups attached to an aromatic ring is 1. The predicted octanol–water partition coefficient (Wildman–Crippen LogP) is 2.50. The lowest BCUT2D eigenvalue weighted by molar-refractivity contribution is 0.0982. The number of pyridine rings is 1. The van der Waals surface area contributed by atoms with Crippen LogP contribution in [0.25, 0.3) is 0 Å². The summed E-state index contributed by atoms with van der Waals surface area (Å²) < 4.78 is 0. The van der Waals surface area contributed by atoms with Crippen molar-refractivity contribution in [2.45, 2.75) is 13.3 Å². The van der Waals surface area contributed by atoms with Crippen LogP contribution in [0.3, 0.4) is 0 Å². The maximum atomic E-state index is 12.7. The Kier molecular flexibility index (Phi) is 3.14. The molecule has 0 saturated carbocycles. The second-order valence-corrected chi connectivity index (χ2v) is 5.32. The molecule has 4 nitrogen and oxygen atoms in total. The first-order valence-electron chi connectivity index (χ1n) is 6.76. The van der Waals surface area contributed by atoms with E-state index in [0.29, 0.717) is 17.2 Å². The number of hydrogen-bond donors (Lipinski definition) is 1. The summed E-state index contributed by atoms with van der Waals surface area (Å²) in [6.07, 6.45) is 4.13. The van der Waals surface area contributed by atoms with E-state index in [1.165, 1.54) is 11.8 Å². The minimum Gasteiger partial charge on any atom is -0.397 e. The Bertz CT molecular complexity index is 654. The summed E-state index contributed by atoms with van der Waals surface area (Å²) in [6, 6.07) is 9.74. The van der Waals surface area contributed by atoms with E-state index in [4.69, 9.17) is 5.73 Å². The number of para-hydroxylation sites is 1. The Labute approximate surface area is 118 Å². The van der Waals surface area contributed by atoms with E-state index in [9.17, 15) is 4.79 Å². The van der Waals surface area contributed by atoms with Crippen molar-refractivity contribution >= 4 is 17.3 Å². The van der Waals surface area contributed by atoms with E-state index in [2.05, 4.69) is 18.0 Å². The third-order valence-corrected chi connectivity index (χ3v) is 3.67. The van der Waals surface area contributed by atoms with Crippen molar-refractivity contribution in [1.29, 1.82) is 0 Å². The van der Waals surface area contributed by atoms with E-state index in [0.717, 1.165) is 18.7 Å². The molecule has 1 aromatic carbocycles. The summed E-state index contributed by atoms with van der Waals surface area (Å²) in [4.78, 5) is 18.5. The van der Waals surface area contributed by atoms with E-state index in [1.54, 1.807) is 12.3 Å². The van der Waals surface area contributed by atoms with Gasteiger partial charge in [0.05, 0.1) is 17.4 Å². The highest BCUT2D eigenvalue weighted by Gasteiger charge is 2.27. The van der Waals surface area contributed by atoms with Gasteiger partial charge in [0.25, 0.3) is 5.91 Å². The van der Waals surface area contributed by atoms with Gasteiger partial charge < -0.3 is 10.6 Å². The summed E-state index contributed by atoms with van der Waals surface area (Å²) in [5, 5.41) is 0. The van der Waals surface area contributed by atoms with Gasteiger partial charge >= 0.3 is 0 Å². The number of hydrogen-bond acceptors (Lipinski definition) is 3. The Morgan fingerprint density at radius 2 is 2.15 bits per heavy atom. The Morgan fingerprint density at radius 1 is 1.35 bits per heavy atom. The molecule has 1 amide bonds. The second kappa shape index (κ2) is 4.96. The summed E-state index contributed by atoms with van der Waals surface area (Å²) in [7, 11) is 0. The number of rotatable bonds is 1. The molecule has 0 radical (unpaired) electrons. The smallest absolute Gasteiger partial charge is 0.260 e. The van der Waals surface area contributed by atoms with Gasteiger partial charge in [0.15, 0.2) is 0 Å². The molecular formula is C16H17N3O. The molecule has 102 valence electrons. The number of benzene rings is 1. The fraction of sp³-hybridized carbons (Fsp3) is 0.250. The third-order valence-electron chi connectivity index (χ3n) is 3.67. The first-order valence-corrected chi connectivity index (χ1v) is 6.76. The maximum absolute atomic E-state index is 12.7. The molecule has 0 bridgehead atoms. The standard InChI is InChI=1S/C16H17N3O/c1-11-8-12-4-2-3-5-15(12)19(10-11)16(20)13-6-7-18-9-14(13)17/h2-7,9,11H,8,10,17H2,1H3. The monoisotopic (exact) mass is 267 g/mol. The van der Waals surface area contributed by atoms with E-state index in [1.807, 2.05) is 23.1 Å². The predicted molar refractivity (Wildman–Crippen MR) is 79.6 cm³/mol. The molecule has 3 rings (SSSR count). The Balaban J connectivity index is 2.02. The van der Waals surface area contributed by atoms with Gasteiger partial charge in [-0.3, -0.25) is 9.78 Å². The lowest BCUT2D eigenvalue weighted by Gasteiger charge is -2.33. The lowest BCUT2D eigenvalue weighted by atomic mass is 9.93. The highest BCUT2D eigenvalue weighted by atomic mass is 16.2. The lowest BCUT2D eigenvalue weighted by Crippen LogP contribution is -2.39. The van der Waals surface area contributed by atoms with Crippen LogP contribution in [0.4, 0.5) is 11.4 Å². The van der Waals surface area contributed by atoms with Crippen LogP contribution in [-0.2, 0) is 6.42 Å². The van der Waals surface area contributed by atoms with E-state index >= 15 is 0 Å². The summed E-state index contributed by atoms with van der Waals surface area (Å²) >= 11 is 0. The number of fused-ring (bicyclic) bond motifs is 1. The van der Waals surface area contributed by atoms with Crippen LogP contribution >= 0.6 is 0 Å². The number of aromatic nitrogens is 1. The van der Waals surface area contributed by atoms with Crippen molar-refractivity contribution in [2.75, 3.05) is 17.2 Å². The molecule has 1 aliphatic heterocycles. The van der Waals surface area contributed by atoms with E-state index < -0.39 is 0 Å². The topological polar surface area (TPSA) is 59.2 Å². The average Bonchev–Trinajstić information content (AvgIpc) is 2.46. The van der Waals surface area contributed by atoms with Crippen LogP contribution < -0.4 is 10.6 Å². The van der Waals surface area contributed by atoms with Gasteiger partial charge in [-0.05, 0) is 30.0 Å². The molecule has 1 aliphatic rings. The average molecular weight is 267 g/mol. The van der Waals surface area contributed by atoms with Gasteiger partial charge in [-0.2, -0.15) is 0 Å². The van der Waals surface area contributed by atoms with Gasteiger partial charge in [-0.15, -0.1) is 0 Å². The molecule has 20 heavy (non-hydrogen) atoms. The summed E-state index contributed by atoms with van der Waals surface area (Å²) in [6.45, 7) is 2.88. The summed E-state index contributed by atoms with van der Waals surface area (Å²) in [5.74, 6) is 0.390. The fourth-order valence-electron chi connectivity index (χ4n) is 2.74. The third kappa shape index (κ3) is 2.13. The number of amides is 1. The molecule has 2 aromatic rings. The molecule has 0 saturated heterocycles. The largest absolute Gasteiger partial charge is 0.397 e. The molecular weight excluding hydrogens is 250 g/mol. The van der Waals surface area contributed by atoms with Gasteiger partial charge in [-0.25, -0.2) is 0 Å². The Morgan fingerprint density at radius 3 is 2.95 bits per heavy atom. The minimum absolute atomic E-state index is 0.0519. The van der Waals surface area contributed by atoms with Crippen molar-refractivity contribution in [3.05, 3.63) is 53.9 Å². The van der Waals surface area contributed by atoms with Crippen LogP contribution in [0.2, 0.25) is 0 Å². The normalized spacial score (nSPS) is 17.6. The molecule has 0 fully saturated rings. The first-order chi connectivity index (χ1) is 9.66. The van der Waals surface area contributed by atoms with Crippen molar-refractivity contribution < 1.29 is 4.79 Å². The molecule has 4 heteroatoms. The molecule has 1 atom stereocenters. The van der Waals surface area contributed by atoms with Crippen LogP contribution in [0.1, 0.15) is 22.8 Å². The van der Waals surface area contributed by atoms with Crippen molar-refractivity contribution in [3.8, 4) is 0 Å². The van der Waals surface area contributed by atoms with Crippen LogP contribution in [0.5, 0.6) is 0 Å². The zero-order valence-electron chi connectivity index (χ0n) is 11.4. The Hall–Kier alpha value is -2.36. The highest BCUT2D eigenvalue weighted by Crippen LogP contribution is 2.31. The number of nitrogens with zero attached hydrogens (tertiary/aromatic N) is 2. The fourth-order valence-corrected chi connectivity index (χ4v) is 2.74. The van der Waals surface area contributed by atoms with Crippen LogP contribution in [-0.4, -0.2) is 17.4 Å². The minimum atomic E-state index is -0.0519. The number of carbonyl (C=O) groups is 1. The first kappa shape index (κ1) is 12.7. The van der Waals surface area contributed by atoms with Gasteiger partial charge in [0.1, 0.15) is 0 Å². The number of nitrogens with two attached hydrogens (primary N) is 1. The van der Waals surface area contributed by atoms with Gasteiger partial charge in [0, 0.05) is 18.4 Å².